The summed E-state index contributed by atoms with van der Waals surface area (Å²) in [5.41, 5.74) is 1.67. The molecule has 2 aromatic carbocycles. The van der Waals surface area contributed by atoms with Gasteiger partial charge in [0.2, 0.25) is 11.8 Å². The third-order valence-corrected chi connectivity index (χ3v) is 6.31. The predicted molar refractivity (Wildman–Crippen MR) is 114 cm³/mol. The Bertz CT molecular complexity index is 1130. The molecule has 2 unspecified atom stereocenters. The van der Waals surface area contributed by atoms with Gasteiger partial charge in [-0.25, -0.2) is 4.98 Å². The second kappa shape index (κ2) is 7.60. The smallest absolute Gasteiger partial charge is 0.227 e. The van der Waals surface area contributed by atoms with E-state index in [2.05, 4.69) is 10.3 Å². The van der Waals surface area contributed by atoms with Crippen LogP contribution in [-0.4, -0.2) is 42.6 Å². The first kappa shape index (κ1) is 18.9. The number of para-hydroxylation sites is 2. The third-order valence-electron chi connectivity index (χ3n) is 5.36. The van der Waals surface area contributed by atoms with Crippen molar-refractivity contribution in [2.75, 3.05) is 24.6 Å². The number of aromatic nitrogens is 1. The van der Waals surface area contributed by atoms with Gasteiger partial charge in [0.25, 0.3) is 0 Å². The molecule has 1 fully saturated rings. The summed E-state index contributed by atoms with van der Waals surface area (Å²) in [4.78, 5) is 31.4. The van der Waals surface area contributed by atoms with Gasteiger partial charge in [-0.3, -0.25) is 9.59 Å². The molecule has 1 saturated heterocycles. The maximum absolute atomic E-state index is 12.7. The van der Waals surface area contributed by atoms with Gasteiger partial charge >= 0.3 is 0 Å². The number of fused-ring (bicyclic) bond motifs is 2. The Hall–Kier alpha value is -3.13. The van der Waals surface area contributed by atoms with Crippen molar-refractivity contribution in [1.82, 2.24) is 10.3 Å². The number of rotatable bonds is 4. The van der Waals surface area contributed by atoms with Crippen LogP contribution in [0, 0.1) is 12.8 Å². The molecule has 1 aromatic heterocycles. The minimum atomic E-state index is -0.387. The summed E-state index contributed by atoms with van der Waals surface area (Å²) in [6, 6.07) is 13.3. The average molecular weight is 423 g/mol. The van der Waals surface area contributed by atoms with Crippen LogP contribution in [0.3, 0.4) is 0 Å². The molecule has 8 heteroatoms. The number of thiazole rings is 1. The lowest BCUT2D eigenvalue weighted by Crippen LogP contribution is -2.43. The Morgan fingerprint density at radius 1 is 1.27 bits per heavy atom. The number of carbonyl (C=O) groups is 2. The first-order valence-corrected chi connectivity index (χ1v) is 10.7. The van der Waals surface area contributed by atoms with Gasteiger partial charge in [-0.05, 0) is 37.3 Å². The second-order valence-electron chi connectivity index (χ2n) is 7.53. The quantitative estimate of drug-likeness (QED) is 0.698. The molecule has 0 radical (unpaired) electrons. The molecule has 0 bridgehead atoms. The van der Waals surface area contributed by atoms with E-state index < -0.39 is 0 Å². The molecular formula is C22H21N3O4S. The fourth-order valence-electron chi connectivity index (χ4n) is 3.85. The zero-order chi connectivity index (χ0) is 20.7. The summed E-state index contributed by atoms with van der Waals surface area (Å²) in [5, 5.41) is 3.91. The highest BCUT2D eigenvalue weighted by Crippen LogP contribution is 2.32. The fraction of sp³-hybridized carbons (Fsp3) is 0.318. The van der Waals surface area contributed by atoms with Gasteiger partial charge in [-0.1, -0.05) is 12.1 Å². The molecule has 0 spiro atoms. The van der Waals surface area contributed by atoms with Crippen molar-refractivity contribution < 1.29 is 19.1 Å². The van der Waals surface area contributed by atoms with Crippen LogP contribution in [0.4, 0.5) is 5.69 Å². The van der Waals surface area contributed by atoms with Gasteiger partial charge in [-0.2, -0.15) is 0 Å². The fourth-order valence-corrected chi connectivity index (χ4v) is 4.66. The first-order chi connectivity index (χ1) is 14.6. The van der Waals surface area contributed by atoms with Gasteiger partial charge in [-0.15, -0.1) is 11.3 Å². The van der Waals surface area contributed by atoms with Crippen LogP contribution < -0.4 is 19.7 Å². The van der Waals surface area contributed by atoms with Crippen LogP contribution in [-0.2, 0) is 9.59 Å². The maximum atomic E-state index is 12.7. The van der Waals surface area contributed by atoms with Crippen LogP contribution in [0.1, 0.15) is 11.4 Å². The number of hydrogen-bond donors (Lipinski definition) is 1. The lowest BCUT2D eigenvalue weighted by molar-refractivity contribution is -0.126. The van der Waals surface area contributed by atoms with Crippen LogP contribution in [0.25, 0.3) is 10.2 Å². The average Bonchev–Trinajstić information content (AvgIpc) is 3.32. The van der Waals surface area contributed by atoms with Crippen molar-refractivity contribution in [1.29, 1.82) is 0 Å². The zero-order valence-electron chi connectivity index (χ0n) is 16.5. The number of benzene rings is 2. The summed E-state index contributed by atoms with van der Waals surface area (Å²) in [7, 11) is 0. The summed E-state index contributed by atoms with van der Waals surface area (Å²) < 4.78 is 12.6. The molecule has 30 heavy (non-hydrogen) atoms. The standard InChI is InChI=1S/C22H21N3O4S/c1-13-24-17-9-15(6-7-20(17)30-13)25-11-14(8-21(25)26)22(27)23-10-16-12-28-18-4-2-3-5-19(18)29-16/h2-7,9,14,16H,8,10-12H2,1H3,(H,23,27). The van der Waals surface area contributed by atoms with Crippen molar-refractivity contribution >= 4 is 39.1 Å². The monoisotopic (exact) mass is 423 g/mol. The molecular weight excluding hydrogens is 402 g/mol. The van der Waals surface area contributed by atoms with Crippen molar-refractivity contribution in [2.24, 2.45) is 5.92 Å². The lowest BCUT2D eigenvalue weighted by Gasteiger charge is -2.26. The highest BCUT2D eigenvalue weighted by atomic mass is 32.1. The van der Waals surface area contributed by atoms with Gasteiger partial charge in [0, 0.05) is 18.7 Å². The normalized spacial score (nSPS) is 20.6. The number of anilines is 1. The van der Waals surface area contributed by atoms with Crippen LogP contribution in [0.2, 0.25) is 0 Å². The molecule has 2 aliphatic heterocycles. The number of aryl methyl sites for hydroxylation is 1. The largest absolute Gasteiger partial charge is 0.486 e. The number of nitrogens with one attached hydrogen (secondary N) is 1. The molecule has 0 aliphatic carbocycles. The topological polar surface area (TPSA) is 80.8 Å². The van der Waals surface area contributed by atoms with Crippen LogP contribution in [0.15, 0.2) is 42.5 Å². The first-order valence-electron chi connectivity index (χ1n) is 9.90. The van der Waals surface area contributed by atoms with Gasteiger partial charge in [0.15, 0.2) is 11.5 Å². The number of carbonyl (C=O) groups excluding carboxylic acids is 2. The number of nitrogens with zero attached hydrogens (tertiary/aromatic N) is 2. The molecule has 2 atom stereocenters. The molecule has 3 heterocycles. The van der Waals surface area contributed by atoms with E-state index in [0.717, 1.165) is 20.9 Å². The predicted octanol–water partition coefficient (Wildman–Crippen LogP) is 2.91. The minimum absolute atomic E-state index is 0.0485. The molecule has 154 valence electrons. The van der Waals surface area contributed by atoms with Crippen molar-refractivity contribution in [3.63, 3.8) is 0 Å². The van der Waals surface area contributed by atoms with E-state index in [-0.39, 0.29) is 30.3 Å². The van der Waals surface area contributed by atoms with E-state index in [1.54, 1.807) is 16.2 Å². The van der Waals surface area contributed by atoms with Crippen LogP contribution >= 0.6 is 11.3 Å². The molecule has 0 saturated carbocycles. The Morgan fingerprint density at radius 3 is 2.97 bits per heavy atom. The Kier molecular flexibility index (Phi) is 4.78. The van der Waals surface area contributed by atoms with E-state index in [0.29, 0.717) is 31.2 Å². The van der Waals surface area contributed by atoms with E-state index in [9.17, 15) is 9.59 Å². The Morgan fingerprint density at radius 2 is 2.10 bits per heavy atom. The van der Waals surface area contributed by atoms with Crippen molar-refractivity contribution in [3.8, 4) is 11.5 Å². The highest BCUT2D eigenvalue weighted by molar-refractivity contribution is 7.18. The lowest BCUT2D eigenvalue weighted by atomic mass is 10.1. The van der Waals surface area contributed by atoms with Gasteiger partial charge in [0.05, 0.1) is 27.7 Å². The molecule has 3 aromatic rings. The van der Waals surface area contributed by atoms with Crippen LogP contribution in [0.5, 0.6) is 11.5 Å². The van der Waals surface area contributed by atoms with E-state index in [1.807, 2.05) is 49.4 Å². The number of amides is 2. The number of ether oxygens (including phenoxy) is 2. The Labute approximate surface area is 177 Å². The molecule has 2 amide bonds. The molecule has 5 rings (SSSR count). The van der Waals surface area contributed by atoms with E-state index in [4.69, 9.17) is 9.47 Å². The van der Waals surface area contributed by atoms with Gasteiger partial charge in [0.1, 0.15) is 12.7 Å². The van der Waals surface area contributed by atoms with E-state index in [1.165, 1.54) is 0 Å². The Balaban J connectivity index is 1.20. The molecule has 1 N–H and O–H groups in total. The highest BCUT2D eigenvalue weighted by Gasteiger charge is 2.35. The van der Waals surface area contributed by atoms with Crippen molar-refractivity contribution in [2.45, 2.75) is 19.4 Å². The maximum Gasteiger partial charge on any atom is 0.227 e. The van der Waals surface area contributed by atoms with Crippen molar-refractivity contribution in [3.05, 3.63) is 47.5 Å². The summed E-state index contributed by atoms with van der Waals surface area (Å²) in [6.45, 7) is 3.04. The molecule has 2 aliphatic rings. The zero-order valence-corrected chi connectivity index (χ0v) is 17.3. The van der Waals surface area contributed by atoms with Gasteiger partial charge < -0.3 is 19.7 Å². The summed E-state index contributed by atoms with van der Waals surface area (Å²) >= 11 is 1.62. The SMILES string of the molecule is Cc1nc2cc(N3CC(C(=O)NCC4COc5ccccc5O4)CC3=O)ccc2s1. The summed E-state index contributed by atoms with van der Waals surface area (Å²) in [5.74, 6) is 0.816. The summed E-state index contributed by atoms with van der Waals surface area (Å²) in [6.07, 6.45) is -0.0578. The number of hydrogen-bond acceptors (Lipinski definition) is 6. The minimum Gasteiger partial charge on any atom is -0.486 e. The second-order valence-corrected chi connectivity index (χ2v) is 8.77. The molecule has 7 nitrogen and oxygen atoms in total. The van der Waals surface area contributed by atoms with E-state index >= 15 is 0 Å². The third kappa shape index (κ3) is 3.59.